The minimum absolute atomic E-state index is 0.133. The molecular weight excluding hydrogens is 492 g/mol. The van der Waals surface area contributed by atoms with Crippen molar-refractivity contribution in [1.29, 1.82) is 0 Å². The van der Waals surface area contributed by atoms with Crippen molar-refractivity contribution in [3.05, 3.63) is 108 Å². The molecule has 0 aliphatic carbocycles. The number of hydrogen-bond donors (Lipinski definition) is 4. The lowest BCUT2D eigenvalue weighted by Gasteiger charge is -2.24. The van der Waals surface area contributed by atoms with E-state index in [1.165, 1.54) is 0 Å². The van der Waals surface area contributed by atoms with Gasteiger partial charge in [-0.05, 0) is 36.2 Å². The zero-order valence-electron chi connectivity index (χ0n) is 22.1. The number of likely N-dealkylation sites (N-methyl/N-ethyl adjacent to an activating group) is 1. The number of nitrogens with one attached hydrogen (secondary N) is 3. The summed E-state index contributed by atoms with van der Waals surface area (Å²) in [7, 11) is 3.68. The van der Waals surface area contributed by atoms with Crippen LogP contribution in [0, 0.1) is 0 Å². The van der Waals surface area contributed by atoms with E-state index in [1.807, 2.05) is 103 Å². The molecule has 4 aromatic rings. The number of carboxylic acid groups (broad SMARTS) is 1. The summed E-state index contributed by atoms with van der Waals surface area (Å²) in [5.41, 5.74) is 3.73. The first-order valence-corrected chi connectivity index (χ1v) is 13.0. The molecule has 1 heterocycles. The minimum Gasteiger partial charge on any atom is -0.480 e. The summed E-state index contributed by atoms with van der Waals surface area (Å²) in [6, 6.07) is 23.8. The van der Waals surface area contributed by atoms with Crippen LogP contribution in [0.15, 0.2) is 91.1 Å². The number of benzene rings is 3. The maximum Gasteiger partial charge on any atom is 0.326 e. The zero-order chi connectivity index (χ0) is 27.8. The molecule has 0 radical (unpaired) electrons. The quantitative estimate of drug-likeness (QED) is 0.227. The molecule has 0 aliphatic rings. The van der Waals surface area contributed by atoms with E-state index in [-0.39, 0.29) is 18.7 Å². The van der Waals surface area contributed by atoms with Gasteiger partial charge in [0.05, 0.1) is 6.04 Å². The van der Waals surface area contributed by atoms with Crippen LogP contribution in [0.2, 0.25) is 0 Å². The summed E-state index contributed by atoms with van der Waals surface area (Å²) < 4.78 is 2.03. The fourth-order valence-electron chi connectivity index (χ4n) is 4.79. The van der Waals surface area contributed by atoms with Crippen LogP contribution in [-0.4, -0.2) is 52.6 Å². The number of rotatable bonds is 12. The molecule has 0 fully saturated rings. The molecule has 4 N–H and O–H groups in total. The first kappa shape index (κ1) is 27.6. The number of carbonyl (C=O) groups is 3. The van der Waals surface area contributed by atoms with Crippen LogP contribution in [0.5, 0.6) is 0 Å². The van der Waals surface area contributed by atoms with Gasteiger partial charge in [0, 0.05) is 37.0 Å². The Morgan fingerprint density at radius 3 is 1.82 bits per heavy atom. The second-order valence-electron chi connectivity index (χ2n) is 9.67. The van der Waals surface area contributed by atoms with Crippen molar-refractivity contribution in [2.45, 2.75) is 37.4 Å². The Morgan fingerprint density at radius 1 is 0.718 bits per heavy atom. The van der Waals surface area contributed by atoms with E-state index < -0.39 is 30.0 Å². The normalized spacial score (nSPS) is 13.4. The molecule has 0 spiro atoms. The second-order valence-corrected chi connectivity index (χ2v) is 9.67. The lowest BCUT2D eigenvalue weighted by Crippen LogP contribution is -2.56. The number of amides is 2. The van der Waals surface area contributed by atoms with Crippen LogP contribution in [-0.2, 0) is 40.7 Å². The highest BCUT2D eigenvalue weighted by atomic mass is 16.4. The number of aliphatic carboxylic acids is 1. The topological polar surface area (TPSA) is 112 Å². The summed E-state index contributed by atoms with van der Waals surface area (Å²) in [4.78, 5) is 38.9. The Hall–Kier alpha value is -4.43. The highest BCUT2D eigenvalue weighted by molar-refractivity contribution is 5.92. The van der Waals surface area contributed by atoms with Gasteiger partial charge in [0.1, 0.15) is 12.1 Å². The van der Waals surface area contributed by atoms with Crippen molar-refractivity contribution in [2.75, 3.05) is 7.05 Å². The standard InChI is InChI=1S/C31H34N4O4/c1-32-25(19-23-20-35(2)28-16-10-9-15-24(23)28)29(36)33-26(17-21-11-5-3-6-12-21)30(37)34-27(31(38)39)18-22-13-7-4-8-14-22/h3-16,20,25-27,32H,17-19H2,1-2H3,(H,33,36)(H,34,37)(H,38,39)/t25-,26-,27-/m0/s1. The van der Waals surface area contributed by atoms with E-state index in [2.05, 4.69) is 16.0 Å². The van der Waals surface area contributed by atoms with E-state index in [1.54, 1.807) is 7.05 Å². The first-order valence-electron chi connectivity index (χ1n) is 13.0. The lowest BCUT2D eigenvalue weighted by atomic mass is 10.0. The summed E-state index contributed by atoms with van der Waals surface area (Å²) in [6.45, 7) is 0. The zero-order valence-corrected chi connectivity index (χ0v) is 22.1. The number of fused-ring (bicyclic) bond motifs is 1. The SMILES string of the molecule is CN[C@@H](Cc1cn(C)c2ccccc12)C(=O)N[C@@H](Cc1ccccc1)C(=O)N[C@@H](Cc1ccccc1)C(=O)O. The van der Waals surface area contributed by atoms with Gasteiger partial charge in [-0.2, -0.15) is 0 Å². The number of carboxylic acids is 1. The summed E-state index contributed by atoms with van der Waals surface area (Å²) in [5.74, 6) is -2.02. The number of carbonyl (C=O) groups excluding carboxylic acids is 2. The molecule has 202 valence electrons. The van der Waals surface area contributed by atoms with Crippen molar-refractivity contribution in [3.63, 3.8) is 0 Å². The molecule has 0 saturated carbocycles. The van der Waals surface area contributed by atoms with Gasteiger partial charge in [-0.15, -0.1) is 0 Å². The lowest BCUT2D eigenvalue weighted by molar-refractivity contribution is -0.142. The molecule has 0 saturated heterocycles. The van der Waals surface area contributed by atoms with Crippen LogP contribution >= 0.6 is 0 Å². The Balaban J connectivity index is 1.52. The number of para-hydroxylation sites is 1. The largest absolute Gasteiger partial charge is 0.480 e. The van der Waals surface area contributed by atoms with Crippen LogP contribution < -0.4 is 16.0 Å². The van der Waals surface area contributed by atoms with Crippen molar-refractivity contribution in [1.82, 2.24) is 20.5 Å². The maximum atomic E-state index is 13.5. The number of aryl methyl sites for hydroxylation is 1. The van der Waals surface area contributed by atoms with E-state index in [9.17, 15) is 19.5 Å². The van der Waals surface area contributed by atoms with Gasteiger partial charge in [0.15, 0.2) is 0 Å². The van der Waals surface area contributed by atoms with Crippen molar-refractivity contribution in [3.8, 4) is 0 Å². The van der Waals surface area contributed by atoms with E-state index in [0.717, 1.165) is 27.6 Å². The maximum absolute atomic E-state index is 13.5. The Kier molecular flexibility index (Phi) is 9.12. The van der Waals surface area contributed by atoms with Gasteiger partial charge in [-0.1, -0.05) is 78.9 Å². The van der Waals surface area contributed by atoms with Crippen LogP contribution in [0.3, 0.4) is 0 Å². The fraction of sp³-hybridized carbons (Fsp3) is 0.258. The third-order valence-electron chi connectivity index (χ3n) is 6.88. The third-order valence-corrected chi connectivity index (χ3v) is 6.88. The van der Waals surface area contributed by atoms with Gasteiger partial charge in [0.25, 0.3) is 0 Å². The van der Waals surface area contributed by atoms with Gasteiger partial charge in [-0.25, -0.2) is 4.79 Å². The van der Waals surface area contributed by atoms with Gasteiger partial charge in [-0.3, -0.25) is 9.59 Å². The molecule has 8 heteroatoms. The Labute approximate surface area is 228 Å². The van der Waals surface area contributed by atoms with Gasteiger partial charge in [0.2, 0.25) is 11.8 Å². The summed E-state index contributed by atoms with van der Waals surface area (Å²) >= 11 is 0. The van der Waals surface area contributed by atoms with E-state index in [0.29, 0.717) is 6.42 Å². The second kappa shape index (κ2) is 12.9. The molecule has 8 nitrogen and oxygen atoms in total. The molecule has 1 aromatic heterocycles. The highest BCUT2D eigenvalue weighted by Gasteiger charge is 2.29. The van der Waals surface area contributed by atoms with E-state index >= 15 is 0 Å². The molecule has 0 unspecified atom stereocenters. The average molecular weight is 527 g/mol. The van der Waals surface area contributed by atoms with Gasteiger partial charge >= 0.3 is 5.97 Å². The van der Waals surface area contributed by atoms with E-state index in [4.69, 9.17) is 0 Å². The molecule has 2 amide bonds. The average Bonchev–Trinajstić information content (AvgIpc) is 3.27. The fourth-order valence-corrected chi connectivity index (χ4v) is 4.79. The molecule has 3 aromatic carbocycles. The van der Waals surface area contributed by atoms with Crippen LogP contribution in [0.1, 0.15) is 16.7 Å². The third kappa shape index (κ3) is 7.12. The van der Waals surface area contributed by atoms with Crippen molar-refractivity contribution >= 4 is 28.7 Å². The molecule has 0 bridgehead atoms. The van der Waals surface area contributed by atoms with Crippen molar-refractivity contribution < 1.29 is 19.5 Å². The monoisotopic (exact) mass is 526 g/mol. The number of hydrogen-bond acceptors (Lipinski definition) is 4. The molecule has 3 atom stereocenters. The Bertz CT molecular complexity index is 1420. The minimum atomic E-state index is -1.14. The van der Waals surface area contributed by atoms with Crippen LogP contribution in [0.4, 0.5) is 0 Å². The number of aromatic nitrogens is 1. The predicted molar refractivity (Wildman–Crippen MR) is 151 cm³/mol. The Morgan fingerprint density at radius 2 is 1.23 bits per heavy atom. The molecule has 39 heavy (non-hydrogen) atoms. The smallest absolute Gasteiger partial charge is 0.326 e. The predicted octanol–water partition coefficient (Wildman–Crippen LogP) is 2.85. The molecule has 4 rings (SSSR count). The summed E-state index contributed by atoms with van der Waals surface area (Å²) in [5, 5.41) is 19.5. The van der Waals surface area contributed by atoms with Crippen LogP contribution in [0.25, 0.3) is 10.9 Å². The number of nitrogens with zero attached hydrogens (tertiary/aromatic N) is 1. The highest BCUT2D eigenvalue weighted by Crippen LogP contribution is 2.21. The summed E-state index contributed by atoms with van der Waals surface area (Å²) in [6.07, 6.45) is 2.79. The molecule has 0 aliphatic heterocycles. The van der Waals surface area contributed by atoms with Gasteiger partial charge < -0.3 is 25.6 Å². The first-order chi connectivity index (χ1) is 18.9. The molecular formula is C31H34N4O4. The van der Waals surface area contributed by atoms with Crippen molar-refractivity contribution in [2.24, 2.45) is 7.05 Å².